The Balaban J connectivity index is 2.42. The SMILES string of the molecule is CC(C)(C)[Si](C)(C)OC(CCc1ccccc1)CC[C@H]1C(O[Si](C)(C)C(C)(C)C)CC(O[Si](C)(C)C(C)(C)C)[C@@H]1C/C=C\CCCC(=O)OCCC(=O)Cl. The Hall–Kier alpha value is -1.08. The molecule has 0 amide bonds. The molecule has 1 aliphatic rings. The average Bonchev–Trinajstić information content (AvgIpc) is 3.32. The second-order valence-electron chi connectivity index (χ2n) is 20.4. The fourth-order valence-electron chi connectivity index (χ4n) is 6.50. The molecule has 6 nitrogen and oxygen atoms in total. The summed E-state index contributed by atoms with van der Waals surface area (Å²) in [6.07, 6.45) is 12.8. The lowest BCUT2D eigenvalue weighted by Crippen LogP contribution is -2.45. The van der Waals surface area contributed by atoms with Gasteiger partial charge in [-0.3, -0.25) is 9.59 Å². The summed E-state index contributed by atoms with van der Waals surface area (Å²) in [6, 6.07) is 10.8. The topological polar surface area (TPSA) is 71.1 Å². The van der Waals surface area contributed by atoms with E-state index in [0.29, 0.717) is 24.7 Å². The minimum Gasteiger partial charge on any atom is -0.465 e. The third-order valence-corrected chi connectivity index (χ3v) is 26.8. The van der Waals surface area contributed by atoms with Crippen molar-refractivity contribution in [2.24, 2.45) is 11.8 Å². The lowest BCUT2D eigenvalue weighted by atomic mass is 9.85. The molecule has 310 valence electrons. The van der Waals surface area contributed by atoms with Crippen molar-refractivity contribution in [1.82, 2.24) is 0 Å². The van der Waals surface area contributed by atoms with Gasteiger partial charge in [0.1, 0.15) is 0 Å². The van der Waals surface area contributed by atoms with Crippen LogP contribution in [0.5, 0.6) is 0 Å². The summed E-state index contributed by atoms with van der Waals surface area (Å²) in [7, 11) is -6.16. The highest BCUT2D eigenvalue weighted by Gasteiger charge is 2.51. The van der Waals surface area contributed by atoms with Gasteiger partial charge in [0.2, 0.25) is 5.24 Å². The highest BCUT2D eigenvalue weighted by Crippen LogP contribution is 2.49. The Bertz CT molecular complexity index is 1330. The molecule has 1 aromatic carbocycles. The fourth-order valence-corrected chi connectivity index (χ4v) is 10.8. The summed E-state index contributed by atoms with van der Waals surface area (Å²) >= 11 is 5.37. The van der Waals surface area contributed by atoms with Crippen LogP contribution in [0.15, 0.2) is 42.5 Å². The van der Waals surface area contributed by atoms with Crippen molar-refractivity contribution in [2.45, 2.75) is 199 Å². The standard InChI is InChI=1S/C44H79ClO6Si3/c1-42(2,3)52(10,11)49-35(28-27-34-23-19-18-20-24-34)29-30-37-36(25-21-16-17-22-26-41(47)48-32-31-40(45)46)38(50-53(12,13)43(4,5)6)33-39(37)51-54(14,15)44(7,8)9/h16,18-21,23-24,35-39H,17,22,25-33H2,1-15H3/b21-16-/t35?,36-,37-,38?,39?/m1/s1. The van der Waals surface area contributed by atoms with Crippen molar-refractivity contribution in [3.05, 3.63) is 48.0 Å². The summed E-state index contributed by atoms with van der Waals surface area (Å²) in [5.41, 5.74) is 1.37. The molecule has 0 spiro atoms. The van der Waals surface area contributed by atoms with Crippen LogP contribution in [-0.2, 0) is 34.0 Å². The second-order valence-corrected chi connectivity index (χ2v) is 35.1. The molecule has 1 saturated carbocycles. The number of unbranched alkanes of at least 4 members (excludes halogenated alkanes) is 1. The van der Waals surface area contributed by atoms with Crippen LogP contribution >= 0.6 is 11.6 Å². The van der Waals surface area contributed by atoms with Crippen LogP contribution < -0.4 is 0 Å². The van der Waals surface area contributed by atoms with Gasteiger partial charge in [-0.1, -0.05) is 105 Å². The van der Waals surface area contributed by atoms with Gasteiger partial charge in [0.25, 0.3) is 0 Å². The van der Waals surface area contributed by atoms with Crippen LogP contribution in [0.4, 0.5) is 0 Å². The summed E-state index contributed by atoms with van der Waals surface area (Å²) in [6.45, 7) is 35.4. The first-order valence-electron chi connectivity index (χ1n) is 20.7. The number of ether oxygens (including phenoxy) is 1. The van der Waals surface area contributed by atoms with Crippen LogP contribution in [0, 0.1) is 11.8 Å². The molecule has 0 N–H and O–H groups in total. The van der Waals surface area contributed by atoms with Crippen molar-refractivity contribution in [2.75, 3.05) is 6.61 Å². The minimum atomic E-state index is -2.08. The second kappa shape index (κ2) is 20.6. The Kier molecular flexibility index (Phi) is 18.7. The molecule has 0 bridgehead atoms. The number of esters is 1. The Morgan fingerprint density at radius 1 is 0.759 bits per heavy atom. The molecule has 1 aromatic rings. The number of halogens is 1. The molecule has 1 fully saturated rings. The maximum absolute atomic E-state index is 12.2. The molecular formula is C44H79ClO6Si3. The van der Waals surface area contributed by atoms with Gasteiger partial charge in [-0.05, 0) is 135 Å². The molecule has 1 aliphatic carbocycles. The number of carbonyl (C=O) groups excluding carboxylic acids is 2. The zero-order valence-corrected chi connectivity index (χ0v) is 40.8. The van der Waals surface area contributed by atoms with Crippen LogP contribution in [0.2, 0.25) is 54.4 Å². The first kappa shape index (κ1) is 49.1. The monoisotopic (exact) mass is 822 g/mol. The van der Waals surface area contributed by atoms with E-state index in [1.54, 1.807) is 0 Å². The maximum Gasteiger partial charge on any atom is 0.305 e. The van der Waals surface area contributed by atoms with Gasteiger partial charge in [0.05, 0.1) is 25.2 Å². The number of hydrogen-bond acceptors (Lipinski definition) is 6. The van der Waals surface area contributed by atoms with Gasteiger partial charge >= 0.3 is 5.97 Å². The summed E-state index contributed by atoms with van der Waals surface area (Å²) in [5, 5.41) is -0.147. The van der Waals surface area contributed by atoms with E-state index in [0.717, 1.165) is 44.9 Å². The van der Waals surface area contributed by atoms with Crippen molar-refractivity contribution in [3.8, 4) is 0 Å². The molecular weight excluding hydrogens is 744 g/mol. The smallest absolute Gasteiger partial charge is 0.305 e. The Labute approximate surface area is 339 Å². The quantitative estimate of drug-likeness (QED) is 0.0404. The fraction of sp³-hybridized carbons (Fsp3) is 0.773. The molecule has 54 heavy (non-hydrogen) atoms. The van der Waals surface area contributed by atoms with Crippen molar-refractivity contribution in [3.63, 3.8) is 0 Å². The third kappa shape index (κ3) is 15.7. The third-order valence-electron chi connectivity index (χ3n) is 13.0. The molecule has 2 rings (SSSR count). The Morgan fingerprint density at radius 2 is 1.30 bits per heavy atom. The van der Waals surface area contributed by atoms with Gasteiger partial charge < -0.3 is 18.0 Å². The van der Waals surface area contributed by atoms with E-state index >= 15 is 0 Å². The highest BCUT2D eigenvalue weighted by atomic mass is 35.5. The number of aryl methyl sites for hydroxylation is 1. The van der Waals surface area contributed by atoms with E-state index in [1.165, 1.54) is 5.56 Å². The van der Waals surface area contributed by atoms with Crippen LogP contribution in [0.3, 0.4) is 0 Å². The molecule has 0 heterocycles. The van der Waals surface area contributed by atoms with Gasteiger partial charge in [0, 0.05) is 12.5 Å². The van der Waals surface area contributed by atoms with E-state index < -0.39 is 30.2 Å². The molecule has 5 atom stereocenters. The summed E-state index contributed by atoms with van der Waals surface area (Å²) in [5.74, 6) is 0.388. The highest BCUT2D eigenvalue weighted by molar-refractivity contribution is 6.75. The van der Waals surface area contributed by atoms with Gasteiger partial charge in [-0.2, -0.15) is 0 Å². The maximum atomic E-state index is 12.2. The van der Waals surface area contributed by atoms with Crippen LogP contribution in [0.1, 0.15) is 126 Å². The normalized spacial score (nSPS) is 21.1. The van der Waals surface area contributed by atoms with Crippen molar-refractivity contribution in [1.29, 1.82) is 0 Å². The molecule has 0 aliphatic heterocycles. The molecule has 0 aromatic heterocycles. The van der Waals surface area contributed by atoms with E-state index in [4.69, 9.17) is 29.6 Å². The number of benzene rings is 1. The zero-order chi connectivity index (χ0) is 41.2. The average molecular weight is 824 g/mol. The number of allylic oxidation sites excluding steroid dienone is 2. The molecule has 10 heteroatoms. The predicted molar refractivity (Wildman–Crippen MR) is 236 cm³/mol. The van der Waals surface area contributed by atoms with Crippen molar-refractivity contribution < 1.29 is 27.6 Å². The number of carbonyl (C=O) groups is 2. The molecule has 0 saturated heterocycles. The zero-order valence-electron chi connectivity index (χ0n) is 37.0. The predicted octanol–water partition coefficient (Wildman–Crippen LogP) is 13.0. The first-order chi connectivity index (χ1) is 24.7. The minimum absolute atomic E-state index is 0.0435. The van der Waals surface area contributed by atoms with E-state index in [-0.39, 0.29) is 52.4 Å². The Morgan fingerprint density at radius 3 is 1.81 bits per heavy atom. The summed E-state index contributed by atoms with van der Waals surface area (Å²) < 4.78 is 27.2. The first-order valence-corrected chi connectivity index (χ1v) is 29.8. The van der Waals surface area contributed by atoms with Crippen LogP contribution in [-0.4, -0.2) is 61.1 Å². The summed E-state index contributed by atoms with van der Waals surface area (Å²) in [4.78, 5) is 23.1. The van der Waals surface area contributed by atoms with E-state index in [9.17, 15) is 9.59 Å². The number of hydrogen-bond donors (Lipinski definition) is 0. The van der Waals surface area contributed by atoms with E-state index in [1.807, 2.05) is 0 Å². The van der Waals surface area contributed by atoms with Gasteiger partial charge in [-0.15, -0.1) is 0 Å². The number of rotatable bonds is 21. The largest absolute Gasteiger partial charge is 0.465 e. The lowest BCUT2D eigenvalue weighted by molar-refractivity contribution is -0.144. The lowest BCUT2D eigenvalue weighted by Gasteiger charge is -2.41. The van der Waals surface area contributed by atoms with Crippen molar-refractivity contribution >= 4 is 47.8 Å². The van der Waals surface area contributed by atoms with Gasteiger partial charge in [0.15, 0.2) is 25.0 Å². The molecule has 3 unspecified atom stereocenters. The van der Waals surface area contributed by atoms with E-state index in [2.05, 4.69) is 144 Å². The van der Waals surface area contributed by atoms with Crippen LogP contribution in [0.25, 0.3) is 0 Å². The van der Waals surface area contributed by atoms with Gasteiger partial charge in [-0.25, -0.2) is 0 Å². The molecule has 0 radical (unpaired) electrons.